The zero-order valence-electron chi connectivity index (χ0n) is 3.86. The van der Waals surface area contributed by atoms with E-state index in [9.17, 15) is 0 Å². The van der Waals surface area contributed by atoms with Crippen molar-refractivity contribution in [3.63, 3.8) is 0 Å². The van der Waals surface area contributed by atoms with E-state index in [4.69, 9.17) is 10.7 Å². The Morgan fingerprint density at radius 2 is 2.33 bits per heavy atom. The van der Waals surface area contributed by atoms with Gasteiger partial charge in [0.1, 0.15) is 0 Å². The number of hydrogen-bond donors (Lipinski definition) is 0. The highest BCUT2D eigenvalue weighted by Gasteiger charge is 1.76. The predicted molar refractivity (Wildman–Crippen MR) is 32.9 cm³/mol. The Hall–Kier alpha value is 0.380. The van der Waals surface area contributed by atoms with Gasteiger partial charge in [-0.05, 0) is 40.4 Å². The summed E-state index contributed by atoms with van der Waals surface area (Å²) in [4.78, 5) is 1.15. The van der Waals surface area contributed by atoms with Crippen LogP contribution in [-0.2, 0) is 0 Å². The van der Waals surface area contributed by atoms with Gasteiger partial charge in [-0.2, -0.15) is 0 Å². The molecular weight excluding hydrogens is 116 g/mol. The summed E-state index contributed by atoms with van der Waals surface area (Å²) >= 11 is 0. The average Bonchev–Trinajstić information content (AvgIpc) is 1.65. The van der Waals surface area contributed by atoms with Gasteiger partial charge in [0.05, 0.1) is 0 Å². The molecule has 6 heavy (non-hydrogen) atoms. The molecule has 0 radical (unpaired) electrons. The molecule has 0 heterocycles. The molecule has 0 amide bonds. The Balaban J connectivity index is 3.22. The zero-order chi connectivity index (χ0) is 4.99. The first-order chi connectivity index (χ1) is 2.81. The topological polar surface area (TPSA) is 0 Å². The van der Waals surface area contributed by atoms with Crippen molar-refractivity contribution in [2.45, 2.75) is 13.8 Å². The predicted octanol–water partition coefficient (Wildman–Crippen LogP) is 2.80. The van der Waals surface area contributed by atoms with Crippen molar-refractivity contribution in [2.24, 2.45) is 0 Å². The first-order valence-corrected chi connectivity index (χ1v) is 3.37. The van der Waals surface area contributed by atoms with Crippen LogP contribution in [0.2, 0.25) is 0 Å². The Kier molecular flexibility index (Phi) is 3.79. The van der Waals surface area contributed by atoms with Crippen LogP contribution in [-0.4, -0.2) is 0 Å². The smallest absolute Gasteiger partial charge is 0.00651 e. The minimum absolute atomic E-state index is 1.15. The molecule has 0 aliphatic rings. The summed E-state index contributed by atoms with van der Waals surface area (Å²) in [6, 6.07) is 0. The standard InChI is InChI=1S/C4H7ClS/c1-3-4(2)6-5/h3H,1-2H3/b4-3+. The van der Waals surface area contributed by atoms with Crippen LogP contribution in [0.15, 0.2) is 11.0 Å². The maximum absolute atomic E-state index is 5.30. The number of halogens is 1. The Morgan fingerprint density at radius 1 is 1.83 bits per heavy atom. The summed E-state index contributed by atoms with van der Waals surface area (Å²) < 4.78 is 0. The molecule has 0 nitrogen and oxygen atoms in total. The van der Waals surface area contributed by atoms with Gasteiger partial charge in [-0.3, -0.25) is 0 Å². The van der Waals surface area contributed by atoms with Crippen molar-refractivity contribution >= 4 is 21.7 Å². The molecule has 0 aliphatic heterocycles. The zero-order valence-corrected chi connectivity index (χ0v) is 5.44. The van der Waals surface area contributed by atoms with Gasteiger partial charge in [0.15, 0.2) is 0 Å². The molecule has 0 saturated heterocycles. The van der Waals surface area contributed by atoms with E-state index < -0.39 is 0 Å². The molecule has 0 aromatic heterocycles. The van der Waals surface area contributed by atoms with E-state index in [-0.39, 0.29) is 0 Å². The van der Waals surface area contributed by atoms with E-state index >= 15 is 0 Å². The third-order valence-corrected chi connectivity index (χ3v) is 1.74. The third-order valence-electron chi connectivity index (χ3n) is 0.528. The molecule has 0 fully saturated rings. The number of hydrogen-bond acceptors (Lipinski definition) is 1. The van der Waals surface area contributed by atoms with E-state index in [0.717, 1.165) is 4.91 Å². The second-order valence-corrected chi connectivity index (χ2v) is 2.24. The van der Waals surface area contributed by atoms with Gasteiger partial charge >= 0.3 is 0 Å². The fraction of sp³-hybridized carbons (Fsp3) is 0.500. The maximum atomic E-state index is 5.30. The Bertz CT molecular complexity index is 58.6. The lowest BCUT2D eigenvalue weighted by Gasteiger charge is -1.81. The van der Waals surface area contributed by atoms with Crippen LogP contribution in [0, 0.1) is 0 Å². The van der Waals surface area contributed by atoms with E-state index in [1.807, 2.05) is 19.9 Å². The van der Waals surface area contributed by atoms with Crippen molar-refractivity contribution in [1.82, 2.24) is 0 Å². The van der Waals surface area contributed by atoms with Crippen molar-refractivity contribution in [3.05, 3.63) is 11.0 Å². The second-order valence-electron chi connectivity index (χ2n) is 0.976. The van der Waals surface area contributed by atoms with E-state index in [0.29, 0.717) is 0 Å². The normalized spacial score (nSPS) is 12.2. The molecular formula is C4H7ClS. The van der Waals surface area contributed by atoms with Crippen LogP contribution in [0.4, 0.5) is 0 Å². The van der Waals surface area contributed by atoms with Crippen molar-refractivity contribution < 1.29 is 0 Å². The summed E-state index contributed by atoms with van der Waals surface area (Å²) in [5.74, 6) is 0. The lowest BCUT2D eigenvalue weighted by Crippen LogP contribution is -1.51. The number of allylic oxidation sites excluding steroid dienone is 2. The van der Waals surface area contributed by atoms with Crippen LogP contribution < -0.4 is 0 Å². The van der Waals surface area contributed by atoms with Crippen molar-refractivity contribution in [1.29, 1.82) is 0 Å². The first kappa shape index (κ1) is 6.38. The summed E-state index contributed by atoms with van der Waals surface area (Å²) in [5.41, 5.74) is 0. The summed E-state index contributed by atoms with van der Waals surface area (Å²) in [7, 11) is 6.56. The second kappa shape index (κ2) is 3.57. The van der Waals surface area contributed by atoms with Gasteiger partial charge in [-0.25, -0.2) is 0 Å². The van der Waals surface area contributed by atoms with Crippen LogP contribution in [0.25, 0.3) is 0 Å². The van der Waals surface area contributed by atoms with Crippen LogP contribution in [0.1, 0.15) is 13.8 Å². The van der Waals surface area contributed by atoms with Crippen molar-refractivity contribution in [3.8, 4) is 0 Å². The summed E-state index contributed by atoms with van der Waals surface area (Å²) in [6.45, 7) is 3.93. The molecule has 2 heteroatoms. The van der Waals surface area contributed by atoms with Gasteiger partial charge in [0.2, 0.25) is 0 Å². The van der Waals surface area contributed by atoms with Crippen molar-refractivity contribution in [2.75, 3.05) is 0 Å². The molecule has 0 aromatic carbocycles. The summed E-state index contributed by atoms with van der Waals surface area (Å²) in [5, 5.41) is 0. The largest absolute Gasteiger partial charge is 0.0772 e. The van der Waals surface area contributed by atoms with E-state index in [1.165, 1.54) is 11.0 Å². The molecule has 0 spiro atoms. The van der Waals surface area contributed by atoms with E-state index in [1.54, 1.807) is 0 Å². The molecule has 0 N–H and O–H groups in total. The fourth-order valence-corrected chi connectivity index (χ4v) is 0.401. The van der Waals surface area contributed by atoms with Gasteiger partial charge < -0.3 is 0 Å². The quantitative estimate of drug-likeness (QED) is 0.516. The molecule has 0 rings (SSSR count). The minimum Gasteiger partial charge on any atom is -0.0772 e. The van der Waals surface area contributed by atoms with E-state index in [2.05, 4.69) is 0 Å². The molecule has 0 unspecified atom stereocenters. The maximum Gasteiger partial charge on any atom is -0.00651 e. The molecule has 0 atom stereocenters. The van der Waals surface area contributed by atoms with Gasteiger partial charge in [-0.1, -0.05) is 6.08 Å². The van der Waals surface area contributed by atoms with Gasteiger partial charge in [0.25, 0.3) is 0 Å². The molecule has 0 aromatic rings. The molecule has 0 saturated carbocycles. The Morgan fingerprint density at radius 3 is 2.33 bits per heavy atom. The highest BCUT2D eigenvalue weighted by molar-refractivity contribution is 8.24. The highest BCUT2D eigenvalue weighted by Crippen LogP contribution is 2.17. The minimum atomic E-state index is 1.15. The lowest BCUT2D eigenvalue weighted by atomic mass is 10.6. The van der Waals surface area contributed by atoms with Crippen LogP contribution in [0.3, 0.4) is 0 Å². The average molecular weight is 123 g/mol. The van der Waals surface area contributed by atoms with Crippen LogP contribution >= 0.6 is 21.7 Å². The fourth-order valence-electron chi connectivity index (χ4n) is 0.0445. The SMILES string of the molecule is C/C=C(\C)SCl. The monoisotopic (exact) mass is 122 g/mol. The Labute approximate surface area is 47.1 Å². The molecule has 0 bridgehead atoms. The van der Waals surface area contributed by atoms with Gasteiger partial charge in [-0.15, -0.1) is 0 Å². The molecule has 36 valence electrons. The van der Waals surface area contributed by atoms with Gasteiger partial charge in [0, 0.05) is 0 Å². The summed E-state index contributed by atoms with van der Waals surface area (Å²) in [6.07, 6.45) is 1.97. The first-order valence-electron chi connectivity index (χ1n) is 1.72. The highest BCUT2D eigenvalue weighted by atomic mass is 35.7. The number of rotatable bonds is 1. The third kappa shape index (κ3) is 2.61. The lowest BCUT2D eigenvalue weighted by molar-refractivity contribution is 1.60. The van der Waals surface area contributed by atoms with Crippen LogP contribution in [0.5, 0.6) is 0 Å². The molecule has 0 aliphatic carbocycles.